The van der Waals surface area contributed by atoms with E-state index in [1.54, 1.807) is 11.0 Å². The molecule has 0 bridgehead atoms. The fourth-order valence-corrected chi connectivity index (χ4v) is 7.29. The third-order valence-electron chi connectivity index (χ3n) is 10.0. The van der Waals surface area contributed by atoms with Gasteiger partial charge in [0.05, 0.1) is 37.6 Å². The molecule has 236 valence electrons. The van der Waals surface area contributed by atoms with E-state index in [1.807, 2.05) is 18.2 Å². The Labute approximate surface area is 265 Å². The summed E-state index contributed by atoms with van der Waals surface area (Å²) in [5, 5.41) is 11.9. The Hall–Kier alpha value is -3.87. The van der Waals surface area contributed by atoms with Crippen molar-refractivity contribution in [3.8, 4) is 24.1 Å². The SMILES string of the molecule is C#Cc1cccc2cc(O)cc(C(=O)N3Cc4nc(OCC5(CN6CCCOCC6)CC5)nc(N5CCCCC[C@H]5C)c4C3)c12. The number of nitrogens with zero attached hydrogens (tertiary/aromatic N) is 5. The highest BCUT2D eigenvalue weighted by Gasteiger charge is 2.45. The summed E-state index contributed by atoms with van der Waals surface area (Å²) in [4.78, 5) is 30.9. The van der Waals surface area contributed by atoms with E-state index in [1.165, 1.54) is 18.9 Å². The number of anilines is 1. The van der Waals surface area contributed by atoms with E-state index in [2.05, 4.69) is 22.6 Å². The number of terminal acetylenes is 1. The molecule has 0 unspecified atom stereocenters. The quantitative estimate of drug-likeness (QED) is 0.369. The van der Waals surface area contributed by atoms with Crippen molar-refractivity contribution in [3.05, 3.63) is 52.7 Å². The van der Waals surface area contributed by atoms with Crippen molar-refractivity contribution >= 4 is 22.5 Å². The van der Waals surface area contributed by atoms with Gasteiger partial charge in [-0.25, -0.2) is 0 Å². The van der Waals surface area contributed by atoms with Gasteiger partial charge in [-0.1, -0.05) is 30.9 Å². The number of amides is 1. The van der Waals surface area contributed by atoms with Crippen molar-refractivity contribution < 1.29 is 19.4 Å². The summed E-state index contributed by atoms with van der Waals surface area (Å²) >= 11 is 0. The fourth-order valence-electron chi connectivity index (χ4n) is 7.29. The predicted molar refractivity (Wildman–Crippen MR) is 173 cm³/mol. The van der Waals surface area contributed by atoms with Crippen LogP contribution in [0.2, 0.25) is 0 Å². The van der Waals surface area contributed by atoms with Crippen LogP contribution in [0, 0.1) is 17.8 Å². The van der Waals surface area contributed by atoms with Crippen LogP contribution in [0.25, 0.3) is 10.8 Å². The molecule has 4 heterocycles. The third kappa shape index (κ3) is 6.18. The summed E-state index contributed by atoms with van der Waals surface area (Å²) in [6.45, 7) is 9.18. The molecular formula is C36H43N5O4. The molecule has 9 nitrogen and oxygen atoms in total. The van der Waals surface area contributed by atoms with Gasteiger partial charge in [0.25, 0.3) is 5.91 Å². The number of rotatable bonds is 7. The molecule has 1 saturated carbocycles. The Morgan fingerprint density at radius 3 is 2.84 bits per heavy atom. The topological polar surface area (TPSA) is 91.3 Å². The molecule has 2 aromatic carbocycles. The second-order valence-electron chi connectivity index (χ2n) is 13.4. The molecule has 1 atom stereocenters. The van der Waals surface area contributed by atoms with Crippen molar-refractivity contribution in [2.75, 3.05) is 50.9 Å². The van der Waals surface area contributed by atoms with Gasteiger partial charge >= 0.3 is 6.01 Å². The van der Waals surface area contributed by atoms with Gasteiger partial charge in [-0.15, -0.1) is 6.42 Å². The van der Waals surface area contributed by atoms with Crippen LogP contribution in [0.4, 0.5) is 5.82 Å². The molecule has 4 aliphatic rings. The molecule has 45 heavy (non-hydrogen) atoms. The lowest BCUT2D eigenvalue weighted by atomic mass is 9.98. The number of carbonyl (C=O) groups is 1. The molecule has 3 aliphatic heterocycles. The summed E-state index contributed by atoms with van der Waals surface area (Å²) in [5.74, 6) is 3.45. The van der Waals surface area contributed by atoms with Crippen LogP contribution < -0.4 is 9.64 Å². The van der Waals surface area contributed by atoms with E-state index in [4.69, 9.17) is 25.9 Å². The van der Waals surface area contributed by atoms with Crippen molar-refractivity contribution in [1.29, 1.82) is 0 Å². The molecule has 1 amide bonds. The standard InChI is InChI=1S/C36H43N5O4/c1-3-26-10-7-11-27-19-28(42)20-29(32(26)27)34(43)40-21-30-31(22-40)37-35(38-33(30)41-15-6-4-5-9-25(41)2)45-24-36(12-13-36)23-39-14-8-17-44-18-16-39/h1,7,10-11,19-20,25,42H,4-6,8-9,12-18,21-24H2,2H3/t25-/m1/s1. The Balaban J connectivity index is 1.18. The molecule has 0 radical (unpaired) electrons. The smallest absolute Gasteiger partial charge is 0.318 e. The first-order chi connectivity index (χ1) is 21.9. The zero-order valence-corrected chi connectivity index (χ0v) is 26.3. The molecule has 9 heteroatoms. The van der Waals surface area contributed by atoms with Crippen LogP contribution in [0.1, 0.15) is 79.0 Å². The largest absolute Gasteiger partial charge is 0.508 e. The molecule has 1 N–H and O–H groups in total. The van der Waals surface area contributed by atoms with Crippen molar-refractivity contribution in [2.45, 2.75) is 71.0 Å². The number of phenols is 1. The van der Waals surface area contributed by atoms with E-state index in [0.717, 1.165) is 94.0 Å². The number of ether oxygens (including phenoxy) is 2. The van der Waals surface area contributed by atoms with Crippen molar-refractivity contribution in [3.63, 3.8) is 0 Å². The van der Waals surface area contributed by atoms with E-state index in [-0.39, 0.29) is 17.1 Å². The van der Waals surface area contributed by atoms with Crippen LogP contribution in [-0.2, 0) is 17.8 Å². The Kier molecular flexibility index (Phi) is 8.28. The number of hydrogen-bond donors (Lipinski definition) is 1. The Morgan fingerprint density at radius 2 is 2.00 bits per heavy atom. The molecule has 0 spiro atoms. The first-order valence-electron chi connectivity index (χ1n) is 16.5. The van der Waals surface area contributed by atoms with Gasteiger partial charge in [0.1, 0.15) is 11.6 Å². The normalized spacial score (nSPS) is 21.6. The zero-order chi connectivity index (χ0) is 31.0. The maximum atomic E-state index is 14.2. The molecular weight excluding hydrogens is 566 g/mol. The maximum absolute atomic E-state index is 14.2. The van der Waals surface area contributed by atoms with Crippen LogP contribution in [0.3, 0.4) is 0 Å². The van der Waals surface area contributed by atoms with Gasteiger partial charge < -0.3 is 29.3 Å². The molecule has 3 aromatic rings. The highest BCUT2D eigenvalue weighted by molar-refractivity contribution is 6.09. The molecule has 2 saturated heterocycles. The summed E-state index contributed by atoms with van der Waals surface area (Å²) in [6.07, 6.45) is 13.8. The van der Waals surface area contributed by atoms with Crippen LogP contribution in [0.5, 0.6) is 11.8 Å². The number of phenolic OH excluding ortho intramolecular Hbond substituents is 1. The summed E-state index contributed by atoms with van der Waals surface area (Å²) in [7, 11) is 0. The van der Waals surface area contributed by atoms with Gasteiger partial charge in [-0.3, -0.25) is 4.79 Å². The summed E-state index contributed by atoms with van der Waals surface area (Å²) < 4.78 is 12.1. The fraction of sp³-hybridized carbons (Fsp3) is 0.528. The van der Waals surface area contributed by atoms with Crippen LogP contribution in [-0.4, -0.2) is 82.8 Å². The second-order valence-corrected chi connectivity index (χ2v) is 13.4. The van der Waals surface area contributed by atoms with Crippen molar-refractivity contribution in [2.24, 2.45) is 5.41 Å². The Bertz CT molecular complexity index is 1620. The minimum atomic E-state index is -0.188. The lowest BCUT2D eigenvalue weighted by molar-refractivity contribution is 0.0752. The van der Waals surface area contributed by atoms with Gasteiger partial charge in [0, 0.05) is 60.8 Å². The molecule has 7 rings (SSSR count). The van der Waals surface area contributed by atoms with Gasteiger partial charge in [-0.05, 0) is 62.6 Å². The minimum absolute atomic E-state index is 0.0352. The number of aromatic nitrogens is 2. The van der Waals surface area contributed by atoms with Gasteiger partial charge in [-0.2, -0.15) is 9.97 Å². The van der Waals surface area contributed by atoms with E-state index in [9.17, 15) is 9.90 Å². The van der Waals surface area contributed by atoms with Gasteiger partial charge in [0.15, 0.2) is 0 Å². The lowest BCUT2D eigenvalue weighted by Crippen LogP contribution is -2.36. The maximum Gasteiger partial charge on any atom is 0.318 e. The molecule has 1 aliphatic carbocycles. The van der Waals surface area contributed by atoms with Crippen LogP contribution >= 0.6 is 0 Å². The zero-order valence-electron chi connectivity index (χ0n) is 26.3. The Morgan fingerprint density at radius 1 is 1.11 bits per heavy atom. The highest BCUT2D eigenvalue weighted by Crippen LogP contribution is 2.47. The minimum Gasteiger partial charge on any atom is -0.508 e. The highest BCUT2D eigenvalue weighted by atomic mass is 16.5. The van der Waals surface area contributed by atoms with E-state index in [0.29, 0.717) is 48.3 Å². The second kappa shape index (κ2) is 12.5. The first-order valence-corrected chi connectivity index (χ1v) is 16.5. The van der Waals surface area contributed by atoms with Crippen LogP contribution in [0.15, 0.2) is 30.3 Å². The lowest BCUT2D eigenvalue weighted by Gasteiger charge is -2.30. The number of aromatic hydroxyl groups is 1. The predicted octanol–water partition coefficient (Wildman–Crippen LogP) is 5.12. The van der Waals surface area contributed by atoms with Gasteiger partial charge in [0.2, 0.25) is 0 Å². The molecule has 1 aromatic heterocycles. The van der Waals surface area contributed by atoms with E-state index >= 15 is 0 Å². The summed E-state index contributed by atoms with van der Waals surface area (Å²) in [6, 6.07) is 9.44. The summed E-state index contributed by atoms with van der Waals surface area (Å²) in [5.41, 5.74) is 2.97. The number of hydrogen-bond acceptors (Lipinski definition) is 8. The van der Waals surface area contributed by atoms with E-state index < -0.39 is 0 Å². The first kappa shape index (κ1) is 29.8. The average molecular weight is 610 g/mol. The molecule has 3 fully saturated rings. The number of carbonyl (C=O) groups excluding carboxylic acids is 1. The monoisotopic (exact) mass is 609 g/mol. The number of benzene rings is 2. The van der Waals surface area contributed by atoms with Crippen molar-refractivity contribution in [1.82, 2.24) is 19.8 Å². The average Bonchev–Trinajstić information content (AvgIpc) is 3.79. The third-order valence-corrected chi connectivity index (χ3v) is 10.0. The number of fused-ring (bicyclic) bond motifs is 2.